The van der Waals surface area contributed by atoms with E-state index in [-0.39, 0.29) is 5.43 Å². The fourth-order valence-electron chi connectivity index (χ4n) is 4.18. The molecule has 2 atom stereocenters. The molecular formula is C29H23NO5. The van der Waals surface area contributed by atoms with Crippen molar-refractivity contribution in [3.63, 3.8) is 0 Å². The van der Waals surface area contributed by atoms with Crippen molar-refractivity contribution in [2.45, 2.75) is 12.1 Å². The number of fused-ring (bicyclic) bond motifs is 2. The molecule has 1 aromatic heterocycles. The van der Waals surface area contributed by atoms with E-state index in [4.69, 9.17) is 9.15 Å². The molecule has 174 valence electrons. The van der Waals surface area contributed by atoms with E-state index in [1.54, 1.807) is 37.4 Å². The topological polar surface area (TPSA) is 88.8 Å². The van der Waals surface area contributed by atoms with E-state index in [0.717, 1.165) is 5.56 Å². The van der Waals surface area contributed by atoms with Gasteiger partial charge >= 0.3 is 0 Å². The summed E-state index contributed by atoms with van der Waals surface area (Å²) in [7, 11) is 1.54. The molecule has 35 heavy (non-hydrogen) atoms. The van der Waals surface area contributed by atoms with Gasteiger partial charge in [-0.15, -0.1) is 0 Å². The zero-order valence-electron chi connectivity index (χ0n) is 19.0. The van der Waals surface area contributed by atoms with Crippen LogP contribution in [0.5, 0.6) is 5.75 Å². The number of aliphatic hydroxyl groups is 1. The van der Waals surface area contributed by atoms with Crippen LogP contribution >= 0.6 is 0 Å². The molecule has 0 fully saturated rings. The average molecular weight is 466 g/mol. The minimum atomic E-state index is -0.966. The summed E-state index contributed by atoms with van der Waals surface area (Å²) in [5.74, 6) is 0.171. The van der Waals surface area contributed by atoms with Gasteiger partial charge in [0, 0.05) is 11.6 Å². The lowest BCUT2D eigenvalue weighted by Gasteiger charge is -2.25. The third-order valence-electron chi connectivity index (χ3n) is 6.04. The molecule has 2 N–H and O–H groups in total. The highest BCUT2D eigenvalue weighted by molar-refractivity contribution is 5.99. The molecule has 5 aromatic rings. The van der Waals surface area contributed by atoms with Crippen LogP contribution < -0.4 is 15.5 Å². The summed E-state index contributed by atoms with van der Waals surface area (Å²) in [5, 5.41) is 14.8. The molecule has 0 radical (unpaired) electrons. The Hall–Kier alpha value is -4.42. The molecule has 0 saturated carbocycles. The van der Waals surface area contributed by atoms with Gasteiger partial charge in [-0.3, -0.25) is 9.59 Å². The standard InChI is InChI=1S/C29H23NO5/c1-34-21-13-14-22-25(17-21)35-24-15-12-20(16-23(24)28(22)32)29(33)30-26(18-8-4-2-5-9-18)27(31)19-10-6-3-7-11-19/h2-17,26-27,31H,1H3,(H,30,33)/t26-,27+/m0/s1. The second-order valence-electron chi connectivity index (χ2n) is 8.22. The summed E-state index contributed by atoms with van der Waals surface area (Å²) in [5.41, 5.74) is 2.28. The van der Waals surface area contributed by atoms with E-state index in [2.05, 4.69) is 5.32 Å². The van der Waals surface area contributed by atoms with Crippen molar-refractivity contribution in [2.24, 2.45) is 0 Å². The first-order chi connectivity index (χ1) is 17.0. The largest absolute Gasteiger partial charge is 0.497 e. The van der Waals surface area contributed by atoms with E-state index < -0.39 is 18.1 Å². The van der Waals surface area contributed by atoms with Gasteiger partial charge in [0.05, 0.1) is 23.9 Å². The maximum Gasteiger partial charge on any atom is 0.251 e. The van der Waals surface area contributed by atoms with Crippen LogP contribution in [0.1, 0.15) is 33.6 Å². The first-order valence-corrected chi connectivity index (χ1v) is 11.2. The lowest BCUT2D eigenvalue weighted by molar-refractivity contribution is 0.0831. The smallest absolute Gasteiger partial charge is 0.251 e. The average Bonchev–Trinajstić information content (AvgIpc) is 2.91. The molecular weight excluding hydrogens is 442 g/mol. The zero-order valence-corrected chi connectivity index (χ0v) is 19.0. The van der Waals surface area contributed by atoms with Crippen molar-refractivity contribution in [3.8, 4) is 5.75 Å². The monoisotopic (exact) mass is 465 g/mol. The number of ether oxygens (including phenoxy) is 1. The number of hydrogen-bond donors (Lipinski definition) is 2. The molecule has 0 bridgehead atoms. The summed E-state index contributed by atoms with van der Waals surface area (Å²) >= 11 is 0. The Bertz CT molecular complexity index is 1560. The Morgan fingerprint density at radius 3 is 2.20 bits per heavy atom. The van der Waals surface area contributed by atoms with Gasteiger partial charge in [0.15, 0.2) is 0 Å². The molecule has 5 rings (SSSR count). The minimum absolute atomic E-state index is 0.234. The van der Waals surface area contributed by atoms with Gasteiger partial charge in [-0.2, -0.15) is 0 Å². The molecule has 1 heterocycles. The Morgan fingerprint density at radius 2 is 1.51 bits per heavy atom. The van der Waals surface area contributed by atoms with Crippen LogP contribution in [0.2, 0.25) is 0 Å². The van der Waals surface area contributed by atoms with Crippen LogP contribution in [-0.2, 0) is 0 Å². The Labute approximate surface area is 201 Å². The predicted octanol–water partition coefficient (Wildman–Crippen LogP) is 5.16. The van der Waals surface area contributed by atoms with Crippen LogP contribution in [0.25, 0.3) is 21.9 Å². The summed E-state index contributed by atoms with van der Waals surface area (Å²) in [4.78, 5) is 26.4. The molecule has 0 aliphatic heterocycles. The number of hydrogen-bond acceptors (Lipinski definition) is 5. The van der Waals surface area contributed by atoms with Gasteiger partial charge in [-0.05, 0) is 41.5 Å². The molecule has 6 heteroatoms. The number of rotatable bonds is 6. The third kappa shape index (κ3) is 4.39. The van der Waals surface area contributed by atoms with Crippen LogP contribution in [0.3, 0.4) is 0 Å². The number of aliphatic hydroxyl groups excluding tert-OH is 1. The second kappa shape index (κ2) is 9.44. The van der Waals surface area contributed by atoms with E-state index in [9.17, 15) is 14.7 Å². The van der Waals surface area contributed by atoms with Gasteiger partial charge < -0.3 is 19.6 Å². The van der Waals surface area contributed by atoms with Crippen LogP contribution in [-0.4, -0.2) is 18.1 Å². The van der Waals surface area contributed by atoms with Gasteiger partial charge in [0.2, 0.25) is 5.43 Å². The number of nitrogens with one attached hydrogen (secondary N) is 1. The Kier molecular flexibility index (Phi) is 6.04. The van der Waals surface area contributed by atoms with Crippen molar-refractivity contribution >= 4 is 27.8 Å². The zero-order chi connectivity index (χ0) is 24.4. The lowest BCUT2D eigenvalue weighted by atomic mass is 9.95. The van der Waals surface area contributed by atoms with Crippen molar-refractivity contribution in [1.82, 2.24) is 5.32 Å². The van der Waals surface area contributed by atoms with Gasteiger partial charge in [0.1, 0.15) is 23.0 Å². The van der Waals surface area contributed by atoms with Gasteiger partial charge in [-0.25, -0.2) is 0 Å². The lowest BCUT2D eigenvalue weighted by Crippen LogP contribution is -2.32. The quantitative estimate of drug-likeness (QED) is 0.338. The number of benzene rings is 4. The molecule has 0 aliphatic rings. The Morgan fingerprint density at radius 1 is 0.829 bits per heavy atom. The predicted molar refractivity (Wildman–Crippen MR) is 135 cm³/mol. The highest BCUT2D eigenvalue weighted by Gasteiger charge is 2.25. The van der Waals surface area contributed by atoms with E-state index in [1.807, 2.05) is 60.7 Å². The SMILES string of the molecule is COc1ccc2c(=O)c3cc(C(=O)N[C@@H](c4ccccc4)[C@H](O)c4ccccc4)ccc3oc2c1. The molecule has 0 saturated heterocycles. The molecule has 0 unspecified atom stereocenters. The third-order valence-corrected chi connectivity index (χ3v) is 6.04. The normalized spacial score (nSPS) is 12.9. The molecule has 6 nitrogen and oxygen atoms in total. The maximum absolute atomic E-state index is 13.3. The first-order valence-electron chi connectivity index (χ1n) is 11.2. The van der Waals surface area contributed by atoms with E-state index >= 15 is 0 Å². The van der Waals surface area contributed by atoms with Crippen LogP contribution in [0.15, 0.2) is 106 Å². The highest BCUT2D eigenvalue weighted by atomic mass is 16.5. The van der Waals surface area contributed by atoms with Gasteiger partial charge in [-0.1, -0.05) is 60.7 Å². The van der Waals surface area contributed by atoms with E-state index in [0.29, 0.717) is 38.8 Å². The number of amides is 1. The van der Waals surface area contributed by atoms with Crippen LogP contribution in [0, 0.1) is 0 Å². The second-order valence-corrected chi connectivity index (χ2v) is 8.22. The summed E-state index contributed by atoms with van der Waals surface area (Å²) < 4.78 is 11.1. The first kappa shape index (κ1) is 22.4. The molecule has 1 amide bonds. The highest BCUT2D eigenvalue weighted by Crippen LogP contribution is 2.29. The molecule has 0 aliphatic carbocycles. The van der Waals surface area contributed by atoms with E-state index in [1.165, 1.54) is 6.07 Å². The summed E-state index contributed by atoms with van der Waals surface area (Å²) in [6, 6.07) is 27.5. The fraction of sp³-hybridized carbons (Fsp3) is 0.103. The number of carbonyl (C=O) groups is 1. The number of methoxy groups -OCH3 is 1. The maximum atomic E-state index is 13.3. The van der Waals surface area contributed by atoms with Gasteiger partial charge in [0.25, 0.3) is 5.91 Å². The Balaban J connectivity index is 1.51. The van der Waals surface area contributed by atoms with Crippen molar-refractivity contribution in [2.75, 3.05) is 7.11 Å². The van der Waals surface area contributed by atoms with Crippen molar-refractivity contribution < 1.29 is 19.1 Å². The summed E-state index contributed by atoms with van der Waals surface area (Å²) in [6.45, 7) is 0. The van der Waals surface area contributed by atoms with Crippen LogP contribution in [0.4, 0.5) is 0 Å². The number of carbonyl (C=O) groups excluding carboxylic acids is 1. The minimum Gasteiger partial charge on any atom is -0.497 e. The molecule has 0 spiro atoms. The molecule has 4 aromatic carbocycles. The van der Waals surface area contributed by atoms with Crippen molar-refractivity contribution in [1.29, 1.82) is 0 Å². The van der Waals surface area contributed by atoms with Crippen molar-refractivity contribution in [3.05, 3.63) is 124 Å². The summed E-state index contributed by atoms with van der Waals surface area (Å²) in [6.07, 6.45) is -0.966. The fourth-order valence-corrected chi connectivity index (χ4v) is 4.18.